The Morgan fingerprint density at radius 2 is 2.27 bits per heavy atom. The summed E-state index contributed by atoms with van der Waals surface area (Å²) in [5, 5.41) is 11.2. The average Bonchev–Trinajstić information content (AvgIpc) is 2.61. The van der Waals surface area contributed by atoms with Gasteiger partial charge < -0.3 is 10.4 Å². The van der Waals surface area contributed by atoms with Crippen LogP contribution in [0, 0.1) is 0 Å². The molecule has 1 rings (SSSR count). The van der Waals surface area contributed by atoms with Crippen molar-refractivity contribution in [3.8, 4) is 0 Å². The Labute approximate surface area is 93.4 Å². The molecule has 15 heavy (non-hydrogen) atoms. The molecule has 0 saturated heterocycles. The predicted octanol–water partition coefficient (Wildman–Crippen LogP) is 1.16. The lowest BCUT2D eigenvalue weighted by Crippen LogP contribution is -2.28. The quantitative estimate of drug-likeness (QED) is 0.816. The van der Waals surface area contributed by atoms with Crippen LogP contribution in [0.25, 0.3) is 0 Å². The fraction of sp³-hybridized carbons (Fsp3) is 0.600. The number of aliphatic hydroxyl groups excluding tert-OH is 1. The lowest BCUT2D eigenvalue weighted by atomic mass is 9.91. The first-order valence-electron chi connectivity index (χ1n) is 4.80. The minimum Gasteiger partial charge on any atom is -0.395 e. The van der Waals surface area contributed by atoms with Crippen LogP contribution in [0.5, 0.6) is 0 Å². The monoisotopic (exact) mass is 228 g/mol. The van der Waals surface area contributed by atoms with Crippen molar-refractivity contribution in [1.82, 2.24) is 10.3 Å². The number of carbonyl (C=O) groups excluding carboxylic acids is 1. The number of rotatable bonds is 3. The van der Waals surface area contributed by atoms with Gasteiger partial charge in [-0.2, -0.15) is 0 Å². The average molecular weight is 228 g/mol. The van der Waals surface area contributed by atoms with E-state index in [1.54, 1.807) is 5.51 Å². The van der Waals surface area contributed by atoms with Crippen molar-refractivity contribution in [2.45, 2.75) is 26.2 Å². The standard InChI is InChI=1S/C10H16N2O2S/c1-10(2,3)8-7(15-6-12-8)9(14)11-4-5-13/h6,13H,4-5H2,1-3H3,(H,11,14). The Hall–Kier alpha value is -0.940. The third-order valence-electron chi connectivity index (χ3n) is 1.88. The maximum Gasteiger partial charge on any atom is 0.263 e. The normalized spacial score (nSPS) is 11.5. The fourth-order valence-corrected chi connectivity index (χ4v) is 2.10. The van der Waals surface area contributed by atoms with Gasteiger partial charge in [0, 0.05) is 12.0 Å². The highest BCUT2D eigenvalue weighted by Gasteiger charge is 2.24. The smallest absolute Gasteiger partial charge is 0.263 e. The van der Waals surface area contributed by atoms with E-state index in [1.165, 1.54) is 11.3 Å². The molecule has 0 fully saturated rings. The topological polar surface area (TPSA) is 62.2 Å². The van der Waals surface area contributed by atoms with Gasteiger partial charge in [-0.25, -0.2) is 4.98 Å². The number of aliphatic hydroxyl groups is 1. The van der Waals surface area contributed by atoms with Gasteiger partial charge in [0.2, 0.25) is 0 Å². The molecule has 0 aromatic carbocycles. The minimum absolute atomic E-state index is 0.0462. The largest absolute Gasteiger partial charge is 0.395 e. The van der Waals surface area contributed by atoms with Crippen LogP contribution in [-0.2, 0) is 5.41 Å². The van der Waals surface area contributed by atoms with Gasteiger partial charge in [0.15, 0.2) is 0 Å². The number of carbonyl (C=O) groups is 1. The maximum atomic E-state index is 11.7. The first-order valence-corrected chi connectivity index (χ1v) is 5.68. The van der Waals surface area contributed by atoms with Gasteiger partial charge in [0.25, 0.3) is 5.91 Å². The summed E-state index contributed by atoms with van der Waals surface area (Å²) in [7, 11) is 0. The second-order valence-corrected chi connectivity index (χ2v) is 5.11. The van der Waals surface area contributed by atoms with Gasteiger partial charge >= 0.3 is 0 Å². The van der Waals surface area contributed by atoms with Gasteiger partial charge in [0.05, 0.1) is 17.8 Å². The SMILES string of the molecule is CC(C)(C)c1ncsc1C(=O)NCCO. The molecule has 4 nitrogen and oxygen atoms in total. The molecule has 5 heteroatoms. The van der Waals surface area contributed by atoms with Crippen molar-refractivity contribution in [2.75, 3.05) is 13.2 Å². The minimum atomic E-state index is -0.156. The highest BCUT2D eigenvalue weighted by molar-refractivity contribution is 7.11. The van der Waals surface area contributed by atoms with Crippen molar-refractivity contribution in [2.24, 2.45) is 0 Å². The summed E-state index contributed by atoms with van der Waals surface area (Å²) in [4.78, 5) is 16.5. The first-order chi connectivity index (χ1) is 6.96. The summed E-state index contributed by atoms with van der Waals surface area (Å²) >= 11 is 1.33. The Morgan fingerprint density at radius 1 is 1.60 bits per heavy atom. The molecule has 1 aromatic heterocycles. The van der Waals surface area contributed by atoms with Crippen molar-refractivity contribution in [3.05, 3.63) is 16.1 Å². The molecule has 0 saturated carbocycles. The first kappa shape index (κ1) is 12.1. The summed E-state index contributed by atoms with van der Waals surface area (Å²) in [5.74, 6) is -0.156. The van der Waals surface area contributed by atoms with E-state index in [-0.39, 0.29) is 24.5 Å². The summed E-state index contributed by atoms with van der Waals surface area (Å²) in [6.45, 7) is 6.29. The van der Waals surface area contributed by atoms with Crippen molar-refractivity contribution in [3.63, 3.8) is 0 Å². The molecule has 0 aliphatic rings. The number of nitrogens with one attached hydrogen (secondary N) is 1. The van der Waals surface area contributed by atoms with Crippen LogP contribution in [-0.4, -0.2) is 29.1 Å². The van der Waals surface area contributed by atoms with Crippen LogP contribution >= 0.6 is 11.3 Å². The molecule has 1 amide bonds. The molecule has 0 bridgehead atoms. The molecule has 0 aliphatic heterocycles. The molecule has 0 aliphatic carbocycles. The lowest BCUT2D eigenvalue weighted by molar-refractivity contribution is 0.0946. The van der Waals surface area contributed by atoms with E-state index >= 15 is 0 Å². The van der Waals surface area contributed by atoms with Crippen LogP contribution in [0.3, 0.4) is 0 Å². The number of hydrogen-bond donors (Lipinski definition) is 2. The van der Waals surface area contributed by atoms with E-state index < -0.39 is 0 Å². The van der Waals surface area contributed by atoms with E-state index in [0.717, 1.165) is 5.69 Å². The van der Waals surface area contributed by atoms with Crippen LogP contribution in [0.1, 0.15) is 36.1 Å². The van der Waals surface area contributed by atoms with Gasteiger partial charge in [-0.05, 0) is 0 Å². The van der Waals surface area contributed by atoms with Gasteiger partial charge in [0.1, 0.15) is 4.88 Å². The Kier molecular flexibility index (Phi) is 3.82. The highest BCUT2D eigenvalue weighted by Crippen LogP contribution is 2.26. The maximum absolute atomic E-state index is 11.7. The molecular formula is C10H16N2O2S. The van der Waals surface area contributed by atoms with Gasteiger partial charge in [-0.3, -0.25) is 4.79 Å². The summed E-state index contributed by atoms with van der Waals surface area (Å²) in [6, 6.07) is 0. The predicted molar refractivity (Wildman–Crippen MR) is 60.2 cm³/mol. The Balaban J connectivity index is 2.86. The van der Waals surface area contributed by atoms with Crippen molar-refractivity contribution in [1.29, 1.82) is 0 Å². The van der Waals surface area contributed by atoms with Gasteiger partial charge in [-0.1, -0.05) is 20.8 Å². The Morgan fingerprint density at radius 3 is 2.80 bits per heavy atom. The number of nitrogens with zero attached hydrogens (tertiary/aromatic N) is 1. The van der Waals surface area contributed by atoms with E-state index in [4.69, 9.17) is 5.11 Å². The lowest BCUT2D eigenvalue weighted by Gasteiger charge is -2.17. The number of hydrogen-bond acceptors (Lipinski definition) is 4. The van der Waals surface area contributed by atoms with E-state index in [9.17, 15) is 4.79 Å². The third-order valence-corrected chi connectivity index (χ3v) is 2.71. The molecule has 0 spiro atoms. The molecule has 84 valence electrons. The third kappa shape index (κ3) is 3.00. The fourth-order valence-electron chi connectivity index (χ4n) is 1.19. The molecule has 0 unspecified atom stereocenters. The Bertz CT molecular complexity index is 341. The summed E-state index contributed by atoms with van der Waals surface area (Å²) in [6.07, 6.45) is 0. The molecule has 0 radical (unpaired) electrons. The van der Waals surface area contributed by atoms with Crippen LogP contribution in [0.4, 0.5) is 0 Å². The molecule has 1 heterocycles. The van der Waals surface area contributed by atoms with E-state index in [0.29, 0.717) is 4.88 Å². The second kappa shape index (κ2) is 4.72. The highest BCUT2D eigenvalue weighted by atomic mass is 32.1. The summed E-state index contributed by atoms with van der Waals surface area (Å²) < 4.78 is 0. The zero-order valence-electron chi connectivity index (χ0n) is 9.20. The van der Waals surface area contributed by atoms with E-state index in [1.807, 2.05) is 20.8 Å². The molecular weight excluding hydrogens is 212 g/mol. The van der Waals surface area contributed by atoms with E-state index in [2.05, 4.69) is 10.3 Å². The summed E-state index contributed by atoms with van der Waals surface area (Å²) in [5.41, 5.74) is 2.35. The van der Waals surface area contributed by atoms with Crippen LogP contribution < -0.4 is 5.32 Å². The van der Waals surface area contributed by atoms with Crippen LogP contribution in [0.15, 0.2) is 5.51 Å². The zero-order valence-corrected chi connectivity index (χ0v) is 10.0. The number of amides is 1. The molecule has 1 aromatic rings. The molecule has 2 N–H and O–H groups in total. The van der Waals surface area contributed by atoms with Crippen molar-refractivity contribution >= 4 is 17.2 Å². The number of aromatic nitrogens is 1. The zero-order chi connectivity index (χ0) is 11.5. The molecule has 0 atom stereocenters. The van der Waals surface area contributed by atoms with Gasteiger partial charge in [-0.15, -0.1) is 11.3 Å². The number of thiazole rings is 1. The van der Waals surface area contributed by atoms with Crippen molar-refractivity contribution < 1.29 is 9.90 Å². The van der Waals surface area contributed by atoms with Crippen LogP contribution in [0.2, 0.25) is 0 Å². The second-order valence-electron chi connectivity index (χ2n) is 4.26.